The maximum Gasteiger partial charge on any atom is 0.228 e. The van der Waals surface area contributed by atoms with E-state index in [0.29, 0.717) is 13.2 Å². The molecule has 1 aromatic carbocycles. The van der Waals surface area contributed by atoms with Crippen molar-refractivity contribution in [2.75, 3.05) is 13.7 Å². The minimum absolute atomic E-state index is 0.139. The molecule has 20 heavy (non-hydrogen) atoms. The molecule has 0 radical (unpaired) electrons. The smallest absolute Gasteiger partial charge is 0.228 e. The van der Waals surface area contributed by atoms with Gasteiger partial charge in [-0.25, -0.2) is 0 Å². The average molecular weight is 275 g/mol. The summed E-state index contributed by atoms with van der Waals surface area (Å²) in [5, 5.41) is 0. The molecule has 1 saturated carbocycles. The van der Waals surface area contributed by atoms with Crippen molar-refractivity contribution in [3.05, 3.63) is 29.8 Å². The van der Waals surface area contributed by atoms with Crippen molar-refractivity contribution >= 4 is 5.91 Å². The van der Waals surface area contributed by atoms with Crippen LogP contribution in [-0.2, 0) is 11.3 Å². The van der Waals surface area contributed by atoms with Gasteiger partial charge in [0.1, 0.15) is 5.75 Å². The minimum atomic E-state index is -0.139. The van der Waals surface area contributed by atoms with E-state index < -0.39 is 0 Å². The Hall–Kier alpha value is -1.51. The fourth-order valence-corrected chi connectivity index (χ4v) is 3.03. The second-order valence-corrected chi connectivity index (χ2v) is 6.01. The summed E-state index contributed by atoms with van der Waals surface area (Å²) in [6.07, 6.45) is 4.41. The molecule has 2 rings (SSSR count). The molecule has 0 N–H and O–H groups in total. The molecule has 0 aliphatic heterocycles. The van der Waals surface area contributed by atoms with E-state index in [1.807, 2.05) is 43.1 Å². The molecule has 1 aliphatic rings. The largest absolute Gasteiger partial charge is 0.494 e. The summed E-state index contributed by atoms with van der Waals surface area (Å²) < 4.78 is 5.43. The number of amides is 1. The maximum absolute atomic E-state index is 12.5. The molecule has 1 aromatic rings. The molecule has 3 nitrogen and oxygen atoms in total. The first-order valence-corrected chi connectivity index (χ1v) is 7.52. The molecular weight excluding hydrogens is 250 g/mol. The first-order valence-electron chi connectivity index (χ1n) is 7.52. The Morgan fingerprint density at radius 1 is 1.25 bits per heavy atom. The van der Waals surface area contributed by atoms with Crippen molar-refractivity contribution < 1.29 is 9.53 Å². The van der Waals surface area contributed by atoms with Crippen LogP contribution >= 0.6 is 0 Å². The number of hydrogen-bond donors (Lipinski definition) is 0. The minimum Gasteiger partial charge on any atom is -0.494 e. The summed E-state index contributed by atoms with van der Waals surface area (Å²) >= 11 is 0. The van der Waals surface area contributed by atoms with Crippen LogP contribution in [-0.4, -0.2) is 24.5 Å². The molecule has 110 valence electrons. The molecule has 1 fully saturated rings. The van der Waals surface area contributed by atoms with Gasteiger partial charge in [-0.2, -0.15) is 0 Å². The van der Waals surface area contributed by atoms with E-state index in [2.05, 4.69) is 6.92 Å². The van der Waals surface area contributed by atoms with Crippen LogP contribution in [0.1, 0.15) is 45.1 Å². The van der Waals surface area contributed by atoms with Crippen molar-refractivity contribution in [3.63, 3.8) is 0 Å². The molecule has 1 aliphatic carbocycles. The molecule has 0 spiro atoms. The summed E-state index contributed by atoms with van der Waals surface area (Å²) in [6, 6.07) is 8.00. The summed E-state index contributed by atoms with van der Waals surface area (Å²) in [5.74, 6) is 1.16. The summed E-state index contributed by atoms with van der Waals surface area (Å²) in [5.41, 5.74) is 1.01. The van der Waals surface area contributed by atoms with Crippen molar-refractivity contribution in [3.8, 4) is 5.75 Å². The number of ether oxygens (including phenoxy) is 1. The van der Waals surface area contributed by atoms with E-state index >= 15 is 0 Å². The molecule has 0 aromatic heterocycles. The highest BCUT2D eigenvalue weighted by Gasteiger charge is 2.37. The molecule has 0 saturated heterocycles. The van der Waals surface area contributed by atoms with Gasteiger partial charge in [0.25, 0.3) is 0 Å². The predicted molar refractivity (Wildman–Crippen MR) is 80.7 cm³/mol. The fraction of sp³-hybridized carbons (Fsp3) is 0.588. The third-order valence-corrected chi connectivity index (χ3v) is 4.22. The van der Waals surface area contributed by atoms with Crippen molar-refractivity contribution in [2.24, 2.45) is 5.41 Å². The first-order chi connectivity index (χ1) is 9.55. The topological polar surface area (TPSA) is 29.5 Å². The first kappa shape index (κ1) is 14.9. The number of benzene rings is 1. The summed E-state index contributed by atoms with van der Waals surface area (Å²) in [7, 11) is 1.91. The van der Waals surface area contributed by atoms with Gasteiger partial charge in [-0.15, -0.1) is 0 Å². The number of nitrogens with zero attached hydrogens (tertiary/aromatic N) is 1. The highest BCUT2D eigenvalue weighted by atomic mass is 16.5. The van der Waals surface area contributed by atoms with E-state index in [4.69, 9.17) is 4.74 Å². The highest BCUT2D eigenvalue weighted by molar-refractivity contribution is 5.82. The van der Waals surface area contributed by atoms with E-state index in [1.54, 1.807) is 0 Å². The Bertz CT molecular complexity index is 447. The Morgan fingerprint density at radius 3 is 2.40 bits per heavy atom. The van der Waals surface area contributed by atoms with Gasteiger partial charge in [0.2, 0.25) is 5.91 Å². The Labute approximate surface area is 121 Å². The fourth-order valence-electron chi connectivity index (χ4n) is 3.03. The van der Waals surface area contributed by atoms with E-state index in [-0.39, 0.29) is 11.3 Å². The monoisotopic (exact) mass is 275 g/mol. The van der Waals surface area contributed by atoms with Gasteiger partial charge in [-0.05, 0) is 37.5 Å². The van der Waals surface area contributed by atoms with E-state index in [1.165, 1.54) is 12.8 Å². The average Bonchev–Trinajstić information content (AvgIpc) is 2.88. The Kier molecular flexibility index (Phi) is 4.69. The van der Waals surface area contributed by atoms with Gasteiger partial charge >= 0.3 is 0 Å². The van der Waals surface area contributed by atoms with Gasteiger partial charge in [-0.3, -0.25) is 4.79 Å². The van der Waals surface area contributed by atoms with Gasteiger partial charge in [0, 0.05) is 19.0 Å². The second kappa shape index (κ2) is 6.29. The molecule has 0 bridgehead atoms. The normalized spacial score (nSPS) is 16.9. The van der Waals surface area contributed by atoms with Crippen LogP contribution in [0.2, 0.25) is 0 Å². The van der Waals surface area contributed by atoms with Crippen molar-refractivity contribution in [1.29, 1.82) is 0 Å². The number of carbonyl (C=O) groups is 1. The second-order valence-electron chi connectivity index (χ2n) is 6.01. The summed E-state index contributed by atoms with van der Waals surface area (Å²) in [4.78, 5) is 14.4. The SMILES string of the molecule is CCOc1ccc(CN(C)C(=O)C2(C)CCCC2)cc1. The van der Waals surface area contributed by atoms with Crippen LogP contribution in [0.4, 0.5) is 0 Å². The molecule has 0 atom stereocenters. The van der Waals surface area contributed by atoms with Crippen LogP contribution < -0.4 is 4.74 Å². The highest BCUT2D eigenvalue weighted by Crippen LogP contribution is 2.39. The summed E-state index contributed by atoms with van der Waals surface area (Å²) in [6.45, 7) is 5.43. The predicted octanol–water partition coefficient (Wildman–Crippen LogP) is 3.62. The van der Waals surface area contributed by atoms with E-state index in [9.17, 15) is 4.79 Å². The number of carbonyl (C=O) groups excluding carboxylic acids is 1. The van der Waals surface area contributed by atoms with Crippen LogP contribution in [0.5, 0.6) is 5.75 Å². The number of hydrogen-bond acceptors (Lipinski definition) is 2. The molecule has 0 heterocycles. The zero-order valence-corrected chi connectivity index (χ0v) is 12.8. The lowest BCUT2D eigenvalue weighted by Crippen LogP contribution is -2.38. The third kappa shape index (κ3) is 3.33. The standard InChI is InChI=1S/C17H25NO2/c1-4-20-15-9-7-14(8-10-15)13-18(3)16(19)17(2)11-5-6-12-17/h7-10H,4-6,11-13H2,1-3H3. The zero-order valence-electron chi connectivity index (χ0n) is 12.8. The third-order valence-electron chi connectivity index (χ3n) is 4.22. The van der Waals surface area contributed by atoms with Gasteiger partial charge < -0.3 is 9.64 Å². The Morgan fingerprint density at radius 2 is 1.85 bits per heavy atom. The van der Waals surface area contributed by atoms with Crippen LogP contribution in [0.25, 0.3) is 0 Å². The Balaban J connectivity index is 1.96. The van der Waals surface area contributed by atoms with Crippen LogP contribution in [0, 0.1) is 5.41 Å². The maximum atomic E-state index is 12.5. The molecular formula is C17H25NO2. The molecule has 1 amide bonds. The lowest BCUT2D eigenvalue weighted by molar-refractivity contribution is -0.140. The molecule has 0 unspecified atom stereocenters. The number of rotatable bonds is 5. The van der Waals surface area contributed by atoms with Gasteiger partial charge in [0.15, 0.2) is 0 Å². The van der Waals surface area contributed by atoms with Gasteiger partial charge in [0.05, 0.1) is 6.61 Å². The quantitative estimate of drug-likeness (QED) is 0.821. The van der Waals surface area contributed by atoms with Crippen molar-refractivity contribution in [2.45, 2.75) is 46.1 Å². The zero-order chi connectivity index (χ0) is 14.6. The lowest BCUT2D eigenvalue weighted by Gasteiger charge is -2.29. The van der Waals surface area contributed by atoms with E-state index in [0.717, 1.165) is 24.2 Å². The van der Waals surface area contributed by atoms with Crippen LogP contribution in [0.3, 0.4) is 0 Å². The van der Waals surface area contributed by atoms with Gasteiger partial charge in [-0.1, -0.05) is 31.9 Å². The lowest BCUT2D eigenvalue weighted by atomic mass is 9.87. The van der Waals surface area contributed by atoms with Crippen molar-refractivity contribution in [1.82, 2.24) is 4.90 Å². The molecule has 3 heteroatoms. The van der Waals surface area contributed by atoms with Crippen LogP contribution in [0.15, 0.2) is 24.3 Å².